The van der Waals surface area contributed by atoms with Gasteiger partial charge < -0.3 is 14.7 Å². The number of anilines is 2. The smallest absolute Gasteiger partial charge is 0.300 e. The Balaban J connectivity index is 1.93. The third-order valence-electron chi connectivity index (χ3n) is 7.47. The van der Waals surface area contributed by atoms with Crippen LogP contribution in [0.3, 0.4) is 0 Å². The fraction of sp³-hybridized carbons (Fsp3) is 0.353. The quantitative estimate of drug-likeness (QED) is 0.175. The number of ether oxygens (including phenoxy) is 1. The minimum Gasteiger partial charge on any atom is -0.507 e. The van der Waals surface area contributed by atoms with Gasteiger partial charge in [0.1, 0.15) is 11.5 Å². The number of hydrogen-bond donors (Lipinski definition) is 1. The molecule has 4 rings (SSSR count). The molecule has 1 heterocycles. The summed E-state index contributed by atoms with van der Waals surface area (Å²) in [6.07, 6.45) is 0. The van der Waals surface area contributed by atoms with Gasteiger partial charge in [-0.2, -0.15) is 0 Å². The SMILES string of the molecule is CCOc1ccc(/C(O)=C2/C(=O)C(=O)N(c3cc(C)cc(C)c3)C2c2ccc(N(CC)CC)cc2)cc1C(C)C. The standard InChI is InChI=1S/C34H40N2O4/c1-8-35(9-2)26-14-11-24(12-15-26)31-30(32(37)25-13-16-29(40-10-3)28(20-25)21(4)5)33(38)34(39)36(31)27-18-22(6)17-23(7)19-27/h11-21,31,37H,8-10H2,1-7H3/b32-30-. The lowest BCUT2D eigenvalue weighted by Gasteiger charge is -2.27. The van der Waals surface area contributed by atoms with Crippen LogP contribution in [0.4, 0.5) is 11.4 Å². The average Bonchev–Trinajstić information content (AvgIpc) is 3.19. The summed E-state index contributed by atoms with van der Waals surface area (Å²) in [5.74, 6) is -0.662. The monoisotopic (exact) mass is 540 g/mol. The minimum atomic E-state index is -0.777. The molecule has 1 fully saturated rings. The molecule has 0 bridgehead atoms. The van der Waals surface area contributed by atoms with Crippen molar-refractivity contribution in [3.05, 3.63) is 94.1 Å². The van der Waals surface area contributed by atoms with Crippen LogP contribution >= 0.6 is 0 Å². The Labute approximate surface area is 237 Å². The van der Waals surface area contributed by atoms with Crippen LogP contribution in [0.25, 0.3) is 5.76 Å². The lowest BCUT2D eigenvalue weighted by atomic mass is 9.93. The Morgan fingerprint density at radius 3 is 2.10 bits per heavy atom. The first-order chi connectivity index (χ1) is 19.1. The van der Waals surface area contributed by atoms with E-state index in [4.69, 9.17) is 4.74 Å². The maximum atomic E-state index is 13.7. The molecule has 6 heteroatoms. The third kappa shape index (κ3) is 5.48. The van der Waals surface area contributed by atoms with Crippen molar-refractivity contribution >= 4 is 28.8 Å². The number of carbonyl (C=O) groups is 2. The van der Waals surface area contributed by atoms with Crippen molar-refractivity contribution in [1.29, 1.82) is 0 Å². The summed E-state index contributed by atoms with van der Waals surface area (Å²) < 4.78 is 5.80. The number of Topliss-reactive ketones (excluding diaryl/α,β-unsaturated/α-hetero) is 1. The second kappa shape index (κ2) is 12.0. The number of aliphatic hydroxyl groups is 1. The molecule has 0 aromatic heterocycles. The summed E-state index contributed by atoms with van der Waals surface area (Å²) in [6, 6.07) is 18.4. The molecule has 1 unspecified atom stereocenters. The van der Waals surface area contributed by atoms with E-state index in [1.807, 2.05) is 75.4 Å². The van der Waals surface area contributed by atoms with E-state index >= 15 is 0 Å². The Bertz CT molecular complexity index is 1410. The van der Waals surface area contributed by atoms with E-state index in [0.29, 0.717) is 17.9 Å². The van der Waals surface area contributed by atoms with E-state index in [2.05, 4.69) is 32.6 Å². The normalized spacial score (nSPS) is 16.6. The fourth-order valence-corrected chi connectivity index (χ4v) is 5.55. The molecule has 1 N–H and O–H groups in total. The number of carbonyl (C=O) groups excluding carboxylic acids is 2. The number of hydrogen-bond acceptors (Lipinski definition) is 5. The van der Waals surface area contributed by atoms with Crippen molar-refractivity contribution in [2.45, 2.75) is 60.4 Å². The van der Waals surface area contributed by atoms with Gasteiger partial charge in [-0.1, -0.05) is 32.0 Å². The van der Waals surface area contributed by atoms with Crippen LogP contribution in [0.2, 0.25) is 0 Å². The van der Waals surface area contributed by atoms with Crippen LogP contribution in [-0.4, -0.2) is 36.5 Å². The Hall–Kier alpha value is -4.06. The number of nitrogens with zero attached hydrogens (tertiary/aromatic N) is 2. The van der Waals surface area contributed by atoms with E-state index in [0.717, 1.165) is 46.8 Å². The highest BCUT2D eigenvalue weighted by molar-refractivity contribution is 6.51. The van der Waals surface area contributed by atoms with Crippen molar-refractivity contribution in [2.75, 3.05) is 29.5 Å². The van der Waals surface area contributed by atoms with Crippen molar-refractivity contribution in [2.24, 2.45) is 0 Å². The van der Waals surface area contributed by atoms with Crippen molar-refractivity contribution < 1.29 is 19.4 Å². The van der Waals surface area contributed by atoms with Crippen LogP contribution in [0, 0.1) is 13.8 Å². The van der Waals surface area contributed by atoms with Crippen LogP contribution < -0.4 is 14.5 Å². The van der Waals surface area contributed by atoms with Crippen LogP contribution in [0.5, 0.6) is 5.75 Å². The second-order valence-corrected chi connectivity index (χ2v) is 10.6. The number of aryl methyl sites for hydroxylation is 2. The van der Waals surface area contributed by atoms with Gasteiger partial charge >= 0.3 is 0 Å². The summed E-state index contributed by atoms with van der Waals surface area (Å²) in [7, 11) is 0. The van der Waals surface area contributed by atoms with E-state index in [-0.39, 0.29) is 17.3 Å². The van der Waals surface area contributed by atoms with Crippen LogP contribution in [0.15, 0.2) is 66.2 Å². The van der Waals surface area contributed by atoms with Gasteiger partial charge in [0.15, 0.2) is 0 Å². The van der Waals surface area contributed by atoms with E-state index in [1.165, 1.54) is 4.90 Å². The molecule has 6 nitrogen and oxygen atoms in total. The second-order valence-electron chi connectivity index (χ2n) is 10.6. The molecule has 1 atom stereocenters. The lowest BCUT2D eigenvalue weighted by molar-refractivity contribution is -0.132. The zero-order valence-corrected chi connectivity index (χ0v) is 24.6. The topological polar surface area (TPSA) is 70.1 Å². The first-order valence-electron chi connectivity index (χ1n) is 14.1. The highest BCUT2D eigenvalue weighted by Crippen LogP contribution is 2.43. The maximum Gasteiger partial charge on any atom is 0.300 e. The van der Waals surface area contributed by atoms with E-state index in [9.17, 15) is 14.7 Å². The first kappa shape index (κ1) is 28.9. The molecular formula is C34H40N2O4. The summed E-state index contributed by atoms with van der Waals surface area (Å²) in [6.45, 7) is 16.4. The van der Waals surface area contributed by atoms with Gasteiger partial charge in [0.25, 0.3) is 11.7 Å². The molecule has 1 amide bonds. The number of rotatable bonds is 9. The van der Waals surface area contributed by atoms with Crippen LogP contribution in [-0.2, 0) is 9.59 Å². The van der Waals surface area contributed by atoms with Crippen molar-refractivity contribution in [3.63, 3.8) is 0 Å². The molecule has 0 spiro atoms. The molecular weight excluding hydrogens is 500 g/mol. The van der Waals surface area contributed by atoms with Crippen molar-refractivity contribution in [1.82, 2.24) is 0 Å². The average molecular weight is 541 g/mol. The summed E-state index contributed by atoms with van der Waals surface area (Å²) in [5.41, 5.74) is 5.91. The summed E-state index contributed by atoms with van der Waals surface area (Å²) in [4.78, 5) is 31.1. The Morgan fingerprint density at radius 1 is 0.925 bits per heavy atom. The fourth-order valence-electron chi connectivity index (χ4n) is 5.55. The molecule has 0 aliphatic carbocycles. The largest absolute Gasteiger partial charge is 0.507 e. The highest BCUT2D eigenvalue weighted by atomic mass is 16.5. The maximum absolute atomic E-state index is 13.7. The molecule has 3 aromatic rings. The first-order valence-corrected chi connectivity index (χ1v) is 14.1. The summed E-state index contributed by atoms with van der Waals surface area (Å²) >= 11 is 0. The zero-order chi connectivity index (χ0) is 29.1. The van der Waals surface area contributed by atoms with Gasteiger partial charge in [0.05, 0.1) is 18.2 Å². The van der Waals surface area contributed by atoms with Crippen LogP contribution in [0.1, 0.15) is 74.4 Å². The van der Waals surface area contributed by atoms with Gasteiger partial charge in [-0.25, -0.2) is 0 Å². The zero-order valence-electron chi connectivity index (χ0n) is 24.6. The lowest BCUT2D eigenvalue weighted by Crippen LogP contribution is -2.29. The number of benzene rings is 3. The van der Waals surface area contributed by atoms with E-state index < -0.39 is 17.7 Å². The molecule has 1 aliphatic heterocycles. The highest BCUT2D eigenvalue weighted by Gasteiger charge is 2.47. The van der Waals surface area contributed by atoms with Gasteiger partial charge in [0, 0.05) is 30.0 Å². The molecule has 210 valence electrons. The van der Waals surface area contributed by atoms with Gasteiger partial charge in [-0.15, -0.1) is 0 Å². The molecule has 0 saturated carbocycles. The predicted octanol–water partition coefficient (Wildman–Crippen LogP) is 7.30. The Morgan fingerprint density at radius 2 is 1.55 bits per heavy atom. The van der Waals surface area contributed by atoms with Gasteiger partial charge in [0.2, 0.25) is 0 Å². The number of amides is 1. The minimum absolute atomic E-state index is 0.0821. The molecule has 1 saturated heterocycles. The van der Waals surface area contributed by atoms with E-state index in [1.54, 1.807) is 6.07 Å². The molecule has 0 radical (unpaired) electrons. The Kier molecular flexibility index (Phi) is 8.67. The van der Waals surface area contributed by atoms with Gasteiger partial charge in [-0.05, 0) is 105 Å². The molecule has 1 aliphatic rings. The predicted molar refractivity (Wildman–Crippen MR) is 162 cm³/mol. The number of aliphatic hydroxyl groups excluding tert-OH is 1. The van der Waals surface area contributed by atoms with Gasteiger partial charge in [-0.3, -0.25) is 14.5 Å². The number of ketones is 1. The molecule has 3 aromatic carbocycles. The summed E-state index contributed by atoms with van der Waals surface area (Å²) in [5, 5.41) is 11.7. The van der Waals surface area contributed by atoms with Crippen molar-refractivity contribution in [3.8, 4) is 5.75 Å². The third-order valence-corrected chi connectivity index (χ3v) is 7.47. The molecule has 40 heavy (non-hydrogen) atoms.